The van der Waals surface area contributed by atoms with Crippen LogP contribution in [0.5, 0.6) is 0 Å². The van der Waals surface area contributed by atoms with E-state index >= 15 is 0 Å². The normalized spacial score (nSPS) is 10.1. The molecule has 2 aromatic carbocycles. The Bertz CT molecular complexity index is 864. The molecule has 0 saturated carbocycles. The average Bonchev–Trinajstić information content (AvgIpc) is 2.98. The summed E-state index contributed by atoms with van der Waals surface area (Å²) >= 11 is 0. The van der Waals surface area contributed by atoms with E-state index in [1.54, 1.807) is 0 Å². The number of hydrogen-bond acceptors (Lipinski definition) is 0. The summed E-state index contributed by atoms with van der Waals surface area (Å²) in [6.07, 6.45) is 0. The highest BCUT2D eigenvalue weighted by atomic mass is 79.9. The van der Waals surface area contributed by atoms with Gasteiger partial charge in [0.2, 0.25) is 0 Å². The summed E-state index contributed by atoms with van der Waals surface area (Å²) in [6, 6.07) is 17.0. The van der Waals surface area contributed by atoms with Gasteiger partial charge in [0.15, 0.2) is 0 Å². The van der Waals surface area contributed by atoms with Gasteiger partial charge in [0.05, 0.1) is 0 Å². The van der Waals surface area contributed by atoms with Crippen LogP contribution in [0.1, 0.15) is 22.5 Å². The Kier molecular flexibility index (Phi) is 7.72. The van der Waals surface area contributed by atoms with E-state index in [0.29, 0.717) is 0 Å². The van der Waals surface area contributed by atoms with Crippen LogP contribution in [0.15, 0.2) is 48.5 Å². The van der Waals surface area contributed by atoms with Gasteiger partial charge in [-0.1, -0.05) is 36.4 Å². The lowest BCUT2D eigenvalue weighted by molar-refractivity contribution is 0.910. The Morgan fingerprint density at radius 1 is 0.538 bits per heavy atom. The minimum absolute atomic E-state index is 0. The number of para-hydroxylation sites is 2. The highest BCUT2D eigenvalue weighted by Crippen LogP contribution is 2.23. The van der Waals surface area contributed by atoms with Crippen LogP contribution in [0.2, 0.25) is 0 Å². The molecule has 2 nitrogen and oxygen atoms in total. The summed E-state index contributed by atoms with van der Waals surface area (Å²) < 4.78 is 4.48. The van der Waals surface area contributed by atoms with Crippen LogP contribution in [0, 0.1) is 27.7 Å². The monoisotopic (exact) mass is 478 g/mol. The second kappa shape index (κ2) is 8.92. The van der Waals surface area contributed by atoms with E-state index in [9.17, 15) is 0 Å². The fraction of sp³-hybridized carbons (Fsp3) is 0.273. The molecule has 0 atom stereocenters. The van der Waals surface area contributed by atoms with Gasteiger partial charge in [-0.3, -0.25) is 0 Å². The molecule has 0 aliphatic rings. The van der Waals surface area contributed by atoms with Crippen molar-refractivity contribution in [3.8, 4) is 0 Å². The second-order valence-corrected chi connectivity index (χ2v) is 6.57. The molecule has 0 bridgehead atoms. The predicted molar refractivity (Wildman–Crippen MR) is 125 cm³/mol. The molecule has 0 fully saturated rings. The second-order valence-electron chi connectivity index (χ2n) is 6.57. The number of hydrogen-bond donors (Lipinski definition) is 0. The van der Waals surface area contributed by atoms with Crippen molar-refractivity contribution in [2.45, 2.75) is 27.7 Å². The zero-order valence-corrected chi connectivity index (χ0v) is 19.8. The average molecular weight is 480 g/mol. The van der Waals surface area contributed by atoms with Crippen molar-refractivity contribution in [1.29, 1.82) is 0 Å². The van der Waals surface area contributed by atoms with Crippen LogP contribution in [0.25, 0.3) is 21.8 Å². The number of benzene rings is 2. The number of aromatic nitrogens is 2. The minimum Gasteiger partial charge on any atom is -0.348 e. The maximum atomic E-state index is 2.24. The topological polar surface area (TPSA) is 9.86 Å². The Hall–Kier alpha value is -1.52. The summed E-state index contributed by atoms with van der Waals surface area (Å²) in [7, 11) is 4.23. The molecule has 4 heteroatoms. The van der Waals surface area contributed by atoms with Gasteiger partial charge in [0, 0.05) is 47.3 Å². The molecule has 0 unspecified atom stereocenters. The lowest BCUT2D eigenvalue weighted by Gasteiger charge is -1.96. The summed E-state index contributed by atoms with van der Waals surface area (Å²) in [5.41, 5.74) is 8.16. The number of aryl methyl sites for hydroxylation is 4. The Labute approximate surface area is 177 Å². The highest BCUT2D eigenvalue weighted by molar-refractivity contribution is 8.93. The van der Waals surface area contributed by atoms with Gasteiger partial charge in [-0.2, -0.15) is 0 Å². The van der Waals surface area contributed by atoms with Gasteiger partial charge in [-0.15, -0.1) is 34.0 Å². The Morgan fingerprint density at radius 3 is 1.15 bits per heavy atom. The van der Waals surface area contributed by atoms with Crippen molar-refractivity contribution in [1.82, 2.24) is 9.13 Å². The van der Waals surface area contributed by atoms with E-state index in [2.05, 4.69) is 99.5 Å². The first-order valence-electron chi connectivity index (χ1n) is 8.44. The molecular weight excluding hydrogens is 452 g/mol. The number of fused-ring (bicyclic) bond motifs is 2. The standard InChI is InChI=1S/2C11H13N.2BrH/c2*1-8-9(2)12(3)11-7-5-4-6-10(8)11;;/h2*4-7H,1-3H3;2*1H. The van der Waals surface area contributed by atoms with Crippen molar-refractivity contribution in [2.75, 3.05) is 0 Å². The zero-order valence-electron chi connectivity index (χ0n) is 16.3. The van der Waals surface area contributed by atoms with Crippen LogP contribution in [-0.4, -0.2) is 9.13 Å². The molecule has 4 rings (SSSR count). The fourth-order valence-electron chi connectivity index (χ4n) is 3.42. The van der Waals surface area contributed by atoms with Crippen LogP contribution in [0.3, 0.4) is 0 Å². The van der Waals surface area contributed by atoms with Crippen molar-refractivity contribution >= 4 is 55.8 Å². The van der Waals surface area contributed by atoms with Gasteiger partial charge < -0.3 is 9.13 Å². The fourth-order valence-corrected chi connectivity index (χ4v) is 3.42. The van der Waals surface area contributed by atoms with E-state index in [-0.39, 0.29) is 34.0 Å². The molecule has 140 valence electrons. The highest BCUT2D eigenvalue weighted by Gasteiger charge is 2.06. The van der Waals surface area contributed by atoms with Crippen molar-refractivity contribution in [3.63, 3.8) is 0 Å². The molecular formula is C22H28Br2N2. The van der Waals surface area contributed by atoms with E-state index in [1.165, 1.54) is 44.3 Å². The SMILES string of the molecule is Br.Br.Cc1c(C)n(C)c2ccccc12.Cc1c(C)n(C)c2ccccc12. The van der Waals surface area contributed by atoms with Crippen LogP contribution in [-0.2, 0) is 14.1 Å². The summed E-state index contributed by atoms with van der Waals surface area (Å²) in [5, 5.41) is 2.75. The molecule has 0 N–H and O–H groups in total. The van der Waals surface area contributed by atoms with E-state index in [4.69, 9.17) is 0 Å². The first-order chi connectivity index (χ1) is 11.4. The maximum absolute atomic E-state index is 2.24. The first kappa shape index (κ1) is 22.5. The van der Waals surface area contributed by atoms with Crippen LogP contribution in [0.4, 0.5) is 0 Å². The molecule has 0 aliphatic carbocycles. The van der Waals surface area contributed by atoms with Gasteiger partial charge in [-0.05, 0) is 51.0 Å². The summed E-state index contributed by atoms with van der Waals surface area (Å²) in [5.74, 6) is 0. The molecule has 0 spiro atoms. The molecule has 0 saturated heterocycles. The van der Waals surface area contributed by atoms with Gasteiger partial charge in [0.25, 0.3) is 0 Å². The Balaban J connectivity index is 0.000000241. The third-order valence-corrected chi connectivity index (χ3v) is 5.43. The van der Waals surface area contributed by atoms with Crippen molar-refractivity contribution in [2.24, 2.45) is 14.1 Å². The summed E-state index contributed by atoms with van der Waals surface area (Å²) in [4.78, 5) is 0. The van der Waals surface area contributed by atoms with Gasteiger partial charge in [0.1, 0.15) is 0 Å². The lowest BCUT2D eigenvalue weighted by Crippen LogP contribution is -1.89. The van der Waals surface area contributed by atoms with Crippen LogP contribution < -0.4 is 0 Å². The third kappa shape index (κ3) is 3.77. The quantitative estimate of drug-likeness (QED) is 0.264. The van der Waals surface area contributed by atoms with E-state index in [0.717, 1.165) is 0 Å². The zero-order chi connectivity index (χ0) is 17.4. The molecule has 0 radical (unpaired) electrons. The molecule has 0 amide bonds. The molecule has 4 aromatic rings. The Morgan fingerprint density at radius 2 is 0.846 bits per heavy atom. The molecule has 2 heterocycles. The predicted octanol–water partition coefficient (Wildman–Crippen LogP) is 6.75. The third-order valence-electron chi connectivity index (χ3n) is 5.43. The van der Waals surface area contributed by atoms with Crippen molar-refractivity contribution < 1.29 is 0 Å². The minimum atomic E-state index is 0. The number of halogens is 2. The molecule has 2 aromatic heterocycles. The first-order valence-corrected chi connectivity index (χ1v) is 8.44. The van der Waals surface area contributed by atoms with Crippen LogP contribution >= 0.6 is 34.0 Å². The van der Waals surface area contributed by atoms with Gasteiger partial charge >= 0.3 is 0 Å². The number of nitrogens with zero attached hydrogens (tertiary/aromatic N) is 2. The van der Waals surface area contributed by atoms with Crippen molar-refractivity contribution in [3.05, 3.63) is 71.0 Å². The maximum Gasteiger partial charge on any atom is 0.0482 e. The largest absolute Gasteiger partial charge is 0.348 e. The van der Waals surface area contributed by atoms with E-state index in [1.807, 2.05) is 0 Å². The number of rotatable bonds is 0. The lowest BCUT2D eigenvalue weighted by atomic mass is 10.2. The smallest absolute Gasteiger partial charge is 0.0482 e. The van der Waals surface area contributed by atoms with E-state index < -0.39 is 0 Å². The van der Waals surface area contributed by atoms with Gasteiger partial charge in [-0.25, -0.2) is 0 Å². The summed E-state index contributed by atoms with van der Waals surface area (Å²) in [6.45, 7) is 8.68. The molecule has 26 heavy (non-hydrogen) atoms. The molecule has 0 aliphatic heterocycles.